The molecule has 1 N–H and O–H groups in total. The zero-order valence-electron chi connectivity index (χ0n) is 5.60. The number of hydrogen-bond acceptors (Lipinski definition) is 3. The monoisotopic (exact) mass is 150 g/mol. The highest BCUT2D eigenvalue weighted by atomic mass is 16.6. The molecule has 1 radical (unpaired) electrons. The average molecular weight is 150 g/mol. The van der Waals surface area contributed by atoms with Crippen molar-refractivity contribution in [2.45, 2.75) is 0 Å². The molecule has 55 valence electrons. The van der Waals surface area contributed by atoms with Crippen LogP contribution in [0.3, 0.4) is 0 Å². The number of benzene rings is 1. The minimum atomic E-state index is -0.540. The van der Waals surface area contributed by atoms with Gasteiger partial charge >= 0.3 is 7.48 Å². The van der Waals surface area contributed by atoms with Crippen LogP contribution in [0.2, 0.25) is 0 Å². The fraction of sp³-hybridized carbons (Fsp3) is 0. The van der Waals surface area contributed by atoms with Crippen LogP contribution < -0.4 is 5.46 Å². The lowest BCUT2D eigenvalue weighted by atomic mass is 9.87. The molecule has 0 saturated heterocycles. The third kappa shape index (κ3) is 1.56. The highest BCUT2D eigenvalue weighted by molar-refractivity contribution is 6.47. The van der Waals surface area contributed by atoms with E-state index in [1.807, 2.05) is 0 Å². The molecular formula is C6H5BNO3. The summed E-state index contributed by atoms with van der Waals surface area (Å²) in [6.45, 7) is 0. The molecule has 0 aliphatic rings. The summed E-state index contributed by atoms with van der Waals surface area (Å²) >= 11 is 0. The molecule has 0 atom stereocenters. The number of hydrogen-bond donors (Lipinski definition) is 1. The van der Waals surface area contributed by atoms with E-state index in [0.29, 0.717) is 0 Å². The van der Waals surface area contributed by atoms with Gasteiger partial charge in [0.05, 0.1) is 4.92 Å². The maximum atomic E-state index is 10.3. The van der Waals surface area contributed by atoms with Crippen LogP contribution in [0, 0.1) is 10.1 Å². The van der Waals surface area contributed by atoms with Crippen molar-refractivity contribution in [3.05, 3.63) is 34.4 Å². The van der Waals surface area contributed by atoms with Gasteiger partial charge in [0.2, 0.25) is 0 Å². The quantitative estimate of drug-likeness (QED) is 0.361. The van der Waals surface area contributed by atoms with E-state index in [0.717, 1.165) is 7.48 Å². The summed E-state index contributed by atoms with van der Waals surface area (Å²) in [6, 6.07) is 5.97. The molecule has 0 bridgehead atoms. The molecule has 0 amide bonds. The Morgan fingerprint density at radius 2 is 2.09 bits per heavy atom. The van der Waals surface area contributed by atoms with Crippen molar-refractivity contribution in [3.8, 4) is 0 Å². The lowest BCUT2D eigenvalue weighted by Gasteiger charge is -1.94. The summed E-state index contributed by atoms with van der Waals surface area (Å²) in [7, 11) is 0.720. The fourth-order valence-electron chi connectivity index (χ4n) is 0.763. The van der Waals surface area contributed by atoms with Crippen LogP contribution in [0.15, 0.2) is 24.3 Å². The van der Waals surface area contributed by atoms with Gasteiger partial charge in [0.1, 0.15) is 0 Å². The van der Waals surface area contributed by atoms with Gasteiger partial charge in [0.25, 0.3) is 5.69 Å². The molecule has 4 nitrogen and oxygen atoms in total. The second-order valence-electron chi connectivity index (χ2n) is 1.95. The van der Waals surface area contributed by atoms with Crippen LogP contribution in [0.25, 0.3) is 0 Å². The van der Waals surface area contributed by atoms with E-state index in [1.165, 1.54) is 12.1 Å². The van der Waals surface area contributed by atoms with Crippen LogP contribution >= 0.6 is 0 Å². The molecule has 0 aromatic heterocycles. The number of para-hydroxylation sites is 1. The van der Waals surface area contributed by atoms with Crippen molar-refractivity contribution in [2.75, 3.05) is 0 Å². The molecule has 0 aliphatic heterocycles. The number of nitro groups is 1. The van der Waals surface area contributed by atoms with Crippen molar-refractivity contribution >= 4 is 18.6 Å². The molecule has 1 aromatic carbocycles. The van der Waals surface area contributed by atoms with E-state index >= 15 is 0 Å². The fourth-order valence-corrected chi connectivity index (χ4v) is 0.763. The SMILES string of the molecule is O=[N+]([O-])c1ccccc1[B]O. The minimum Gasteiger partial charge on any atom is -0.450 e. The Bertz CT molecular complexity index is 276. The van der Waals surface area contributed by atoms with Gasteiger partial charge in [0.15, 0.2) is 0 Å². The highest BCUT2D eigenvalue weighted by Gasteiger charge is 2.11. The van der Waals surface area contributed by atoms with E-state index in [9.17, 15) is 10.1 Å². The standard InChI is InChI=1S/C6H5BNO3/c9-7-5-3-1-2-4-6(5)8(10)11/h1-4,9H. The van der Waals surface area contributed by atoms with Crippen LogP contribution in [0.1, 0.15) is 0 Å². The summed E-state index contributed by atoms with van der Waals surface area (Å²) in [5.74, 6) is 0. The Balaban J connectivity index is 3.12. The van der Waals surface area contributed by atoms with Gasteiger partial charge in [-0.2, -0.15) is 0 Å². The van der Waals surface area contributed by atoms with Crippen LogP contribution in [0.5, 0.6) is 0 Å². The van der Waals surface area contributed by atoms with Crippen molar-refractivity contribution in [3.63, 3.8) is 0 Å². The van der Waals surface area contributed by atoms with Crippen molar-refractivity contribution in [2.24, 2.45) is 0 Å². The first-order valence-corrected chi connectivity index (χ1v) is 2.96. The second kappa shape index (κ2) is 3.16. The molecule has 1 rings (SSSR count). The normalized spacial score (nSPS) is 9.18. The average Bonchev–Trinajstić information content (AvgIpc) is 2.04. The number of nitrogens with zero attached hydrogens (tertiary/aromatic N) is 1. The van der Waals surface area contributed by atoms with Crippen LogP contribution in [0.4, 0.5) is 5.69 Å². The molecule has 1 aromatic rings. The lowest BCUT2D eigenvalue weighted by Crippen LogP contribution is -2.17. The van der Waals surface area contributed by atoms with E-state index < -0.39 is 4.92 Å². The van der Waals surface area contributed by atoms with Crippen LogP contribution in [-0.2, 0) is 0 Å². The summed E-state index contributed by atoms with van der Waals surface area (Å²) in [5.41, 5.74) is 0.132. The largest absolute Gasteiger partial charge is 0.450 e. The third-order valence-corrected chi connectivity index (χ3v) is 1.27. The molecule has 5 heteroatoms. The zero-order chi connectivity index (χ0) is 8.27. The Morgan fingerprint density at radius 1 is 1.45 bits per heavy atom. The molecular weight excluding hydrogens is 145 g/mol. The predicted octanol–water partition coefficient (Wildman–Crippen LogP) is -0.168. The van der Waals surface area contributed by atoms with Gasteiger partial charge in [-0.3, -0.25) is 10.1 Å². The first-order chi connectivity index (χ1) is 5.25. The van der Waals surface area contributed by atoms with E-state index in [1.54, 1.807) is 12.1 Å². The highest BCUT2D eigenvalue weighted by Crippen LogP contribution is 2.04. The Kier molecular flexibility index (Phi) is 2.23. The maximum absolute atomic E-state index is 10.3. The summed E-state index contributed by atoms with van der Waals surface area (Å²) in [4.78, 5) is 9.72. The number of rotatable bonds is 2. The van der Waals surface area contributed by atoms with Gasteiger partial charge in [-0.1, -0.05) is 18.2 Å². The Hall–Kier alpha value is -1.36. The van der Waals surface area contributed by atoms with E-state index in [2.05, 4.69) is 0 Å². The van der Waals surface area contributed by atoms with E-state index in [4.69, 9.17) is 5.02 Å². The predicted molar refractivity (Wildman–Crippen MR) is 40.7 cm³/mol. The second-order valence-corrected chi connectivity index (χ2v) is 1.95. The number of nitro benzene ring substituents is 1. The van der Waals surface area contributed by atoms with Gasteiger partial charge in [-0.25, -0.2) is 0 Å². The third-order valence-electron chi connectivity index (χ3n) is 1.27. The molecule has 0 fully saturated rings. The van der Waals surface area contributed by atoms with Gasteiger partial charge in [-0.05, 0) is 0 Å². The zero-order valence-corrected chi connectivity index (χ0v) is 5.60. The van der Waals surface area contributed by atoms with Crippen LogP contribution in [-0.4, -0.2) is 17.4 Å². The lowest BCUT2D eigenvalue weighted by molar-refractivity contribution is -0.383. The van der Waals surface area contributed by atoms with Crippen molar-refractivity contribution in [1.29, 1.82) is 0 Å². The smallest absolute Gasteiger partial charge is 0.334 e. The Morgan fingerprint density at radius 3 is 2.55 bits per heavy atom. The Labute approximate surface area is 63.9 Å². The molecule has 11 heavy (non-hydrogen) atoms. The topological polar surface area (TPSA) is 63.4 Å². The van der Waals surface area contributed by atoms with Gasteiger partial charge in [0, 0.05) is 11.5 Å². The van der Waals surface area contributed by atoms with Gasteiger partial charge < -0.3 is 5.02 Å². The summed E-state index contributed by atoms with van der Waals surface area (Å²) in [5, 5.41) is 18.8. The van der Waals surface area contributed by atoms with E-state index in [-0.39, 0.29) is 11.2 Å². The van der Waals surface area contributed by atoms with Gasteiger partial charge in [-0.15, -0.1) is 0 Å². The molecule has 0 saturated carbocycles. The molecule has 0 aliphatic carbocycles. The van der Waals surface area contributed by atoms with Crippen molar-refractivity contribution in [1.82, 2.24) is 0 Å². The minimum absolute atomic E-state index is 0.0880. The first-order valence-electron chi connectivity index (χ1n) is 2.96. The van der Waals surface area contributed by atoms with Crippen molar-refractivity contribution < 1.29 is 9.95 Å². The summed E-state index contributed by atoms with van der Waals surface area (Å²) < 4.78 is 0. The molecule has 0 spiro atoms. The summed E-state index contributed by atoms with van der Waals surface area (Å²) in [6.07, 6.45) is 0. The molecule has 0 heterocycles. The first kappa shape index (κ1) is 7.75. The molecule has 0 unspecified atom stereocenters. The maximum Gasteiger partial charge on any atom is 0.334 e.